The van der Waals surface area contributed by atoms with E-state index in [4.69, 9.17) is 13.0 Å². The Morgan fingerprint density at radius 1 is 1.22 bits per heavy atom. The van der Waals surface area contributed by atoms with Crippen LogP contribution in [0.25, 0.3) is 0 Å². The van der Waals surface area contributed by atoms with Crippen molar-refractivity contribution in [1.29, 1.82) is 0 Å². The summed E-state index contributed by atoms with van der Waals surface area (Å²) in [5.74, 6) is 0. The zero-order valence-electron chi connectivity index (χ0n) is 8.26. The Kier molecular flexibility index (Phi) is 5.95. The van der Waals surface area contributed by atoms with E-state index in [2.05, 4.69) is 22.6 Å². The van der Waals surface area contributed by atoms with E-state index < -0.39 is 20.5 Å². The number of alkyl halides is 3. The van der Waals surface area contributed by atoms with Crippen LogP contribution in [-0.4, -0.2) is 23.4 Å². The van der Waals surface area contributed by atoms with Crippen LogP contribution in [0.15, 0.2) is 24.3 Å². The van der Waals surface area contributed by atoms with Crippen LogP contribution in [0.1, 0.15) is 0 Å². The highest BCUT2D eigenvalue weighted by atomic mass is 127. The molecule has 18 heavy (non-hydrogen) atoms. The van der Waals surface area contributed by atoms with Crippen molar-refractivity contribution in [2.75, 3.05) is 0 Å². The second-order valence-corrected chi connectivity index (χ2v) is 5.31. The second kappa shape index (κ2) is 6.29. The Balaban J connectivity index is 0.000000331. The van der Waals surface area contributed by atoms with Gasteiger partial charge in [0.2, 0.25) is 0 Å². The van der Waals surface area contributed by atoms with Crippen molar-refractivity contribution in [2.24, 2.45) is 0 Å². The zero-order valence-corrected chi connectivity index (χ0v) is 11.2. The molecule has 102 valence electrons. The fourth-order valence-electron chi connectivity index (χ4n) is 0.563. The van der Waals surface area contributed by atoms with Gasteiger partial charge in [0.15, 0.2) is 0 Å². The first-order valence-electron chi connectivity index (χ1n) is 3.89. The maximum absolute atomic E-state index is 10.7. The summed E-state index contributed by atoms with van der Waals surface area (Å²) in [5.41, 5.74) is -5.40. The molecule has 6 nitrogen and oxygen atoms in total. The highest BCUT2D eigenvalue weighted by Crippen LogP contribution is 2.20. The van der Waals surface area contributed by atoms with Gasteiger partial charge in [-0.25, -0.2) is 0 Å². The molecule has 0 heterocycles. The van der Waals surface area contributed by atoms with Gasteiger partial charge in [0.1, 0.15) is 0 Å². The van der Waals surface area contributed by atoms with Crippen molar-refractivity contribution in [1.82, 2.24) is 0 Å². The number of non-ortho nitro benzene ring substituents is 1. The smallest absolute Gasteiger partial charge is 0.279 e. The molecule has 1 aromatic rings. The molecule has 0 saturated heterocycles. The van der Waals surface area contributed by atoms with Gasteiger partial charge in [-0.2, -0.15) is 21.6 Å². The predicted molar refractivity (Wildman–Crippen MR) is 63.4 cm³/mol. The molecule has 0 aliphatic rings. The number of hydrogen-bond donors (Lipinski definition) is 1. The fourth-order valence-corrected chi connectivity index (χ4v) is 0.922. The number of nitro benzene ring substituents is 1. The SMILES string of the molecule is O=S(=O)(O)C(F)(F)F.O=[N+]([O-])c1ccc(I)cc1. The topological polar surface area (TPSA) is 97.5 Å². The minimum Gasteiger partial charge on any atom is -0.279 e. The number of hydrogen-bond acceptors (Lipinski definition) is 4. The van der Waals surface area contributed by atoms with E-state index in [0.717, 1.165) is 3.57 Å². The van der Waals surface area contributed by atoms with E-state index >= 15 is 0 Å². The average molecular weight is 399 g/mol. The molecule has 1 N–H and O–H groups in total. The minimum absolute atomic E-state index is 0.139. The third-order valence-electron chi connectivity index (χ3n) is 1.33. The lowest BCUT2D eigenvalue weighted by atomic mass is 10.3. The van der Waals surface area contributed by atoms with Crippen molar-refractivity contribution >= 4 is 38.4 Å². The molecule has 0 fully saturated rings. The minimum atomic E-state index is -5.84. The molecule has 1 rings (SSSR count). The van der Waals surface area contributed by atoms with E-state index in [-0.39, 0.29) is 5.69 Å². The second-order valence-electron chi connectivity index (χ2n) is 2.65. The molecular weight excluding hydrogens is 394 g/mol. The van der Waals surface area contributed by atoms with E-state index in [1.54, 1.807) is 12.1 Å². The Morgan fingerprint density at radius 2 is 1.56 bits per heavy atom. The van der Waals surface area contributed by atoms with Gasteiger partial charge >= 0.3 is 15.6 Å². The molecule has 0 amide bonds. The maximum Gasteiger partial charge on any atom is 0.522 e. The third kappa shape index (κ3) is 6.11. The molecule has 0 aliphatic heterocycles. The molecule has 0 aromatic heterocycles. The quantitative estimate of drug-likeness (QED) is 0.258. The van der Waals surface area contributed by atoms with Crippen LogP contribution in [0.4, 0.5) is 18.9 Å². The summed E-state index contributed by atoms with van der Waals surface area (Å²) in [6.45, 7) is 0. The van der Waals surface area contributed by atoms with Gasteiger partial charge in [0.25, 0.3) is 5.69 Å². The fraction of sp³-hybridized carbons (Fsp3) is 0.143. The Hall–Kier alpha value is -0.950. The summed E-state index contributed by atoms with van der Waals surface area (Å²) in [7, 11) is -5.84. The first-order valence-corrected chi connectivity index (χ1v) is 6.40. The van der Waals surface area contributed by atoms with Gasteiger partial charge in [0.05, 0.1) is 4.92 Å². The van der Waals surface area contributed by atoms with E-state index in [1.165, 1.54) is 12.1 Å². The third-order valence-corrected chi connectivity index (χ3v) is 2.63. The van der Waals surface area contributed by atoms with Crippen molar-refractivity contribution < 1.29 is 31.1 Å². The van der Waals surface area contributed by atoms with Crippen molar-refractivity contribution in [3.05, 3.63) is 37.9 Å². The average Bonchev–Trinajstić information content (AvgIpc) is 2.16. The lowest BCUT2D eigenvalue weighted by Gasteiger charge is -1.97. The molecule has 1 aromatic carbocycles. The van der Waals surface area contributed by atoms with Crippen molar-refractivity contribution in [3.8, 4) is 0 Å². The highest BCUT2D eigenvalue weighted by Gasteiger charge is 2.44. The molecule has 0 atom stereocenters. The van der Waals surface area contributed by atoms with Crippen LogP contribution in [0.5, 0.6) is 0 Å². The molecule has 0 spiro atoms. The van der Waals surface area contributed by atoms with Gasteiger partial charge in [-0.1, -0.05) is 0 Å². The number of benzene rings is 1. The summed E-state index contributed by atoms with van der Waals surface area (Å²) in [6.07, 6.45) is 0. The van der Waals surface area contributed by atoms with Crippen LogP contribution in [-0.2, 0) is 10.1 Å². The predicted octanol–water partition coefficient (Wildman–Crippen LogP) is 2.59. The Labute approximate surface area is 113 Å². The maximum atomic E-state index is 10.7. The standard InChI is InChI=1S/C6H4INO2.CHF3O3S/c7-5-1-3-6(4-2-5)8(9)10;2-1(3,4)8(5,6)7/h1-4H;(H,5,6,7). The molecule has 0 radical (unpaired) electrons. The lowest BCUT2D eigenvalue weighted by Crippen LogP contribution is -2.21. The molecule has 11 heteroatoms. The zero-order chi connectivity index (χ0) is 14.6. The van der Waals surface area contributed by atoms with Gasteiger partial charge in [0, 0.05) is 15.7 Å². The summed E-state index contributed by atoms with van der Waals surface area (Å²) in [4.78, 5) is 9.71. The summed E-state index contributed by atoms with van der Waals surface area (Å²) >= 11 is 2.10. The van der Waals surface area contributed by atoms with E-state index in [1.807, 2.05) is 0 Å². The van der Waals surface area contributed by atoms with E-state index in [0.29, 0.717) is 0 Å². The Bertz CT molecular complexity index is 513. The largest absolute Gasteiger partial charge is 0.522 e. The summed E-state index contributed by atoms with van der Waals surface area (Å²) < 4.78 is 58.5. The number of halogens is 4. The van der Waals surface area contributed by atoms with Crippen LogP contribution < -0.4 is 0 Å². The summed E-state index contributed by atoms with van der Waals surface area (Å²) in [5, 5.41) is 10.1. The first-order chi connectivity index (χ1) is 7.95. The highest BCUT2D eigenvalue weighted by molar-refractivity contribution is 14.1. The summed E-state index contributed by atoms with van der Waals surface area (Å²) in [6, 6.07) is 6.39. The number of rotatable bonds is 1. The lowest BCUT2D eigenvalue weighted by molar-refractivity contribution is -0.384. The van der Waals surface area contributed by atoms with Gasteiger partial charge in [-0.05, 0) is 34.7 Å². The van der Waals surface area contributed by atoms with Gasteiger partial charge in [-0.3, -0.25) is 14.7 Å². The number of nitrogens with zero attached hydrogens (tertiary/aromatic N) is 1. The van der Waals surface area contributed by atoms with E-state index in [9.17, 15) is 23.3 Å². The molecule has 0 aliphatic carbocycles. The van der Waals surface area contributed by atoms with Gasteiger partial charge in [-0.15, -0.1) is 0 Å². The van der Waals surface area contributed by atoms with Crippen LogP contribution in [0, 0.1) is 13.7 Å². The molecule has 0 bridgehead atoms. The van der Waals surface area contributed by atoms with Crippen LogP contribution in [0.2, 0.25) is 0 Å². The van der Waals surface area contributed by atoms with Gasteiger partial charge < -0.3 is 0 Å². The molecule has 0 saturated carbocycles. The molecule has 0 unspecified atom stereocenters. The normalized spacial score (nSPS) is 11.4. The first kappa shape index (κ1) is 17.1. The molecular formula is C7H5F3INO5S. The monoisotopic (exact) mass is 399 g/mol. The van der Waals surface area contributed by atoms with Crippen LogP contribution >= 0.6 is 22.6 Å². The number of nitro groups is 1. The van der Waals surface area contributed by atoms with Crippen molar-refractivity contribution in [3.63, 3.8) is 0 Å². The van der Waals surface area contributed by atoms with Crippen molar-refractivity contribution in [2.45, 2.75) is 5.51 Å². The van der Waals surface area contributed by atoms with Crippen LogP contribution in [0.3, 0.4) is 0 Å². The Morgan fingerprint density at radius 3 is 1.78 bits per heavy atom.